The van der Waals surface area contributed by atoms with Gasteiger partial charge in [-0.2, -0.15) is 0 Å². The summed E-state index contributed by atoms with van der Waals surface area (Å²) in [5.41, 5.74) is 0.247. The van der Waals surface area contributed by atoms with Crippen LogP contribution in [0.25, 0.3) is 0 Å². The number of hydrogen-bond donors (Lipinski definition) is 1. The van der Waals surface area contributed by atoms with Gasteiger partial charge < -0.3 is 10.1 Å². The maximum absolute atomic E-state index is 13.1. The SMILES string of the molecule is O=C(COC(=O)CN1C(=O)C2CCCCC2C1=O)Nc1ccc(F)c(Cl)c1. The number of esters is 1. The van der Waals surface area contributed by atoms with E-state index in [2.05, 4.69) is 5.32 Å². The lowest BCUT2D eigenvalue weighted by Crippen LogP contribution is -2.37. The lowest BCUT2D eigenvalue weighted by molar-refractivity contribution is -0.154. The monoisotopic (exact) mass is 396 g/mol. The van der Waals surface area contributed by atoms with Gasteiger partial charge in [0.1, 0.15) is 12.4 Å². The fourth-order valence-corrected chi connectivity index (χ4v) is 3.66. The number of rotatable bonds is 5. The number of carbonyl (C=O) groups excluding carboxylic acids is 4. The van der Waals surface area contributed by atoms with Gasteiger partial charge in [0.15, 0.2) is 6.61 Å². The third-order valence-corrected chi connectivity index (χ3v) is 5.08. The van der Waals surface area contributed by atoms with Crippen LogP contribution in [0, 0.1) is 17.7 Å². The molecule has 7 nitrogen and oxygen atoms in total. The Hall–Kier alpha value is -2.48. The summed E-state index contributed by atoms with van der Waals surface area (Å²) >= 11 is 5.62. The summed E-state index contributed by atoms with van der Waals surface area (Å²) in [6.07, 6.45) is 3.10. The number of anilines is 1. The van der Waals surface area contributed by atoms with E-state index in [1.165, 1.54) is 12.1 Å². The fraction of sp³-hybridized carbons (Fsp3) is 0.444. The number of fused-ring (bicyclic) bond motifs is 1. The summed E-state index contributed by atoms with van der Waals surface area (Å²) in [5, 5.41) is 2.25. The molecule has 1 aromatic rings. The molecule has 9 heteroatoms. The number of halogens is 2. The van der Waals surface area contributed by atoms with Gasteiger partial charge in [0.2, 0.25) is 11.8 Å². The second kappa shape index (κ2) is 8.04. The van der Waals surface area contributed by atoms with Crippen LogP contribution in [0.2, 0.25) is 5.02 Å². The van der Waals surface area contributed by atoms with Crippen LogP contribution in [0.15, 0.2) is 18.2 Å². The first-order valence-electron chi connectivity index (χ1n) is 8.62. The smallest absolute Gasteiger partial charge is 0.326 e. The molecule has 2 unspecified atom stereocenters. The Balaban J connectivity index is 1.49. The predicted octanol–water partition coefficient (Wildman–Crippen LogP) is 2.14. The van der Waals surface area contributed by atoms with Crippen LogP contribution in [0.4, 0.5) is 10.1 Å². The second-order valence-corrected chi connectivity index (χ2v) is 7.01. The molecule has 2 aliphatic rings. The van der Waals surface area contributed by atoms with E-state index in [4.69, 9.17) is 16.3 Å². The summed E-state index contributed by atoms with van der Waals surface area (Å²) in [7, 11) is 0. The number of ether oxygens (including phenoxy) is 1. The van der Waals surface area contributed by atoms with Gasteiger partial charge in [0.05, 0.1) is 16.9 Å². The number of imide groups is 1. The Morgan fingerprint density at radius 1 is 1.19 bits per heavy atom. The third kappa shape index (κ3) is 4.27. The van der Waals surface area contributed by atoms with Crippen LogP contribution in [-0.4, -0.2) is 41.7 Å². The van der Waals surface area contributed by atoms with Crippen LogP contribution < -0.4 is 5.32 Å². The average Bonchev–Trinajstić information content (AvgIpc) is 2.88. The van der Waals surface area contributed by atoms with Gasteiger partial charge in [0.25, 0.3) is 5.91 Å². The molecular formula is C18H18ClFN2O5. The predicted molar refractivity (Wildman–Crippen MR) is 93.2 cm³/mol. The number of amides is 3. The van der Waals surface area contributed by atoms with Gasteiger partial charge in [-0.3, -0.25) is 24.1 Å². The van der Waals surface area contributed by atoms with E-state index < -0.39 is 30.8 Å². The van der Waals surface area contributed by atoms with Gasteiger partial charge in [-0.25, -0.2) is 4.39 Å². The molecule has 1 aliphatic carbocycles. The number of nitrogens with zero attached hydrogens (tertiary/aromatic N) is 1. The minimum absolute atomic E-state index is 0.155. The molecule has 1 saturated carbocycles. The molecular weight excluding hydrogens is 379 g/mol. The minimum Gasteiger partial charge on any atom is -0.454 e. The highest BCUT2D eigenvalue weighted by molar-refractivity contribution is 6.31. The molecule has 1 aromatic carbocycles. The molecule has 0 spiro atoms. The van der Waals surface area contributed by atoms with Crippen molar-refractivity contribution in [2.24, 2.45) is 11.8 Å². The van der Waals surface area contributed by atoms with Crippen molar-refractivity contribution in [1.82, 2.24) is 4.90 Å². The molecule has 0 radical (unpaired) electrons. The van der Waals surface area contributed by atoms with Gasteiger partial charge in [-0.1, -0.05) is 24.4 Å². The summed E-state index contributed by atoms with van der Waals surface area (Å²) < 4.78 is 17.9. The minimum atomic E-state index is -0.845. The van der Waals surface area contributed by atoms with Crippen molar-refractivity contribution >= 4 is 41.0 Å². The molecule has 0 aromatic heterocycles. The summed E-state index contributed by atoms with van der Waals surface area (Å²) in [5.74, 6) is -3.49. The van der Waals surface area contributed by atoms with Gasteiger partial charge in [-0.05, 0) is 31.0 Å². The topological polar surface area (TPSA) is 92.8 Å². The molecule has 0 bridgehead atoms. The van der Waals surface area contributed by atoms with Crippen LogP contribution >= 0.6 is 11.6 Å². The van der Waals surface area contributed by atoms with E-state index in [1.807, 2.05) is 0 Å². The van der Waals surface area contributed by atoms with Crippen LogP contribution in [0.1, 0.15) is 25.7 Å². The first kappa shape index (κ1) is 19.3. The van der Waals surface area contributed by atoms with Crippen LogP contribution in [-0.2, 0) is 23.9 Å². The largest absolute Gasteiger partial charge is 0.454 e. The molecule has 3 amide bonds. The summed E-state index contributed by atoms with van der Waals surface area (Å²) in [6.45, 7) is -1.10. The molecule has 1 aliphatic heterocycles. The zero-order valence-corrected chi connectivity index (χ0v) is 15.1. The van der Waals surface area contributed by atoms with Crippen molar-refractivity contribution in [2.75, 3.05) is 18.5 Å². The normalized spacial score (nSPS) is 21.8. The molecule has 27 heavy (non-hydrogen) atoms. The Bertz CT molecular complexity index is 776. The number of nitrogens with one attached hydrogen (secondary N) is 1. The van der Waals surface area contributed by atoms with E-state index in [0.29, 0.717) is 12.8 Å². The standard InChI is InChI=1S/C18H18ClFN2O5/c19-13-7-10(5-6-14(13)20)21-15(23)9-27-16(24)8-22-17(25)11-3-1-2-4-12(11)18(22)26/h5-7,11-12H,1-4,8-9H2,(H,21,23). The Labute approximate surface area is 159 Å². The summed E-state index contributed by atoms with van der Waals surface area (Å²) in [4.78, 5) is 49.3. The first-order valence-corrected chi connectivity index (χ1v) is 9.00. The molecule has 2 atom stereocenters. The highest BCUT2D eigenvalue weighted by Crippen LogP contribution is 2.37. The Morgan fingerprint density at radius 2 is 1.81 bits per heavy atom. The lowest BCUT2D eigenvalue weighted by Gasteiger charge is -2.19. The molecule has 3 rings (SSSR count). The molecule has 144 valence electrons. The Morgan fingerprint density at radius 3 is 2.41 bits per heavy atom. The van der Waals surface area contributed by atoms with Gasteiger partial charge in [0, 0.05) is 5.69 Å². The molecule has 2 fully saturated rings. The number of carbonyl (C=O) groups is 4. The van der Waals surface area contributed by atoms with E-state index in [0.717, 1.165) is 23.8 Å². The van der Waals surface area contributed by atoms with Crippen molar-refractivity contribution in [3.63, 3.8) is 0 Å². The molecule has 1 heterocycles. The fourth-order valence-electron chi connectivity index (χ4n) is 3.48. The highest BCUT2D eigenvalue weighted by atomic mass is 35.5. The lowest BCUT2D eigenvalue weighted by atomic mass is 9.81. The highest BCUT2D eigenvalue weighted by Gasteiger charge is 2.48. The third-order valence-electron chi connectivity index (χ3n) is 4.79. The van der Waals surface area contributed by atoms with Crippen LogP contribution in [0.3, 0.4) is 0 Å². The van der Waals surface area contributed by atoms with Crippen molar-refractivity contribution in [3.8, 4) is 0 Å². The van der Waals surface area contributed by atoms with Crippen LogP contribution in [0.5, 0.6) is 0 Å². The number of benzene rings is 1. The zero-order valence-electron chi connectivity index (χ0n) is 14.4. The second-order valence-electron chi connectivity index (χ2n) is 6.60. The van der Waals surface area contributed by atoms with Crippen molar-refractivity contribution < 1.29 is 28.3 Å². The molecule has 1 N–H and O–H groups in total. The van der Waals surface area contributed by atoms with E-state index in [-0.39, 0.29) is 34.4 Å². The number of hydrogen-bond acceptors (Lipinski definition) is 5. The molecule has 1 saturated heterocycles. The van der Waals surface area contributed by atoms with Crippen molar-refractivity contribution in [1.29, 1.82) is 0 Å². The van der Waals surface area contributed by atoms with Crippen molar-refractivity contribution in [2.45, 2.75) is 25.7 Å². The van der Waals surface area contributed by atoms with E-state index in [9.17, 15) is 23.6 Å². The maximum Gasteiger partial charge on any atom is 0.326 e. The summed E-state index contributed by atoms with van der Waals surface area (Å²) in [6, 6.07) is 3.62. The quantitative estimate of drug-likeness (QED) is 0.608. The van der Waals surface area contributed by atoms with E-state index in [1.54, 1.807) is 0 Å². The first-order chi connectivity index (χ1) is 12.9. The van der Waals surface area contributed by atoms with E-state index >= 15 is 0 Å². The van der Waals surface area contributed by atoms with Gasteiger partial charge in [-0.15, -0.1) is 0 Å². The van der Waals surface area contributed by atoms with Gasteiger partial charge >= 0.3 is 5.97 Å². The zero-order chi connectivity index (χ0) is 19.6. The number of likely N-dealkylation sites (tertiary alicyclic amines) is 1. The average molecular weight is 397 g/mol. The maximum atomic E-state index is 13.1. The Kier molecular flexibility index (Phi) is 5.74. The van der Waals surface area contributed by atoms with Crippen molar-refractivity contribution in [3.05, 3.63) is 29.0 Å².